The van der Waals surface area contributed by atoms with E-state index in [1.807, 2.05) is 24.3 Å². The lowest BCUT2D eigenvalue weighted by atomic mass is 10.3. The second-order valence-corrected chi connectivity index (χ2v) is 3.41. The maximum atomic E-state index is 4.33. The minimum Gasteiger partial charge on any atom is -0.346 e. The first-order valence-corrected chi connectivity index (χ1v) is 5.09. The summed E-state index contributed by atoms with van der Waals surface area (Å²) in [5, 5.41) is 17.5. The number of nitrogens with zero attached hydrogens (tertiary/aromatic N) is 5. The number of rotatable bonds is 3. The van der Waals surface area contributed by atoms with Crippen LogP contribution in [0.4, 0.5) is 5.95 Å². The molecule has 2 heterocycles. The second kappa shape index (κ2) is 4.12. The minimum absolute atomic E-state index is 0.472. The molecule has 0 amide bonds. The molecule has 0 saturated carbocycles. The van der Waals surface area contributed by atoms with Crippen LogP contribution in [-0.4, -0.2) is 30.4 Å². The SMILES string of the molecule is c1ccc2nc(NCc3ncn[nH]3)nnc2c1. The highest BCUT2D eigenvalue weighted by molar-refractivity contribution is 5.73. The van der Waals surface area contributed by atoms with Gasteiger partial charge in [0.25, 0.3) is 0 Å². The lowest BCUT2D eigenvalue weighted by Gasteiger charge is -2.02. The molecule has 0 fully saturated rings. The topological polar surface area (TPSA) is 92.3 Å². The van der Waals surface area contributed by atoms with Crippen LogP contribution >= 0.6 is 0 Å². The van der Waals surface area contributed by atoms with Crippen LogP contribution in [0.3, 0.4) is 0 Å². The van der Waals surface area contributed by atoms with Crippen LogP contribution in [0.5, 0.6) is 0 Å². The molecule has 84 valence electrons. The second-order valence-electron chi connectivity index (χ2n) is 3.41. The molecule has 3 aromatic rings. The fourth-order valence-electron chi connectivity index (χ4n) is 1.43. The summed E-state index contributed by atoms with van der Waals surface area (Å²) in [7, 11) is 0. The minimum atomic E-state index is 0.472. The van der Waals surface area contributed by atoms with Crippen molar-refractivity contribution in [3.63, 3.8) is 0 Å². The van der Waals surface area contributed by atoms with Crippen molar-refractivity contribution in [3.05, 3.63) is 36.4 Å². The van der Waals surface area contributed by atoms with Gasteiger partial charge in [-0.25, -0.2) is 9.97 Å². The van der Waals surface area contributed by atoms with Gasteiger partial charge in [-0.15, -0.1) is 10.2 Å². The molecule has 0 radical (unpaired) electrons. The van der Waals surface area contributed by atoms with E-state index in [-0.39, 0.29) is 0 Å². The molecule has 2 aromatic heterocycles. The molecule has 0 aliphatic rings. The lowest BCUT2D eigenvalue weighted by Crippen LogP contribution is -2.06. The predicted octanol–water partition coefficient (Wildman–Crippen LogP) is 0.755. The number of aromatic amines is 1. The normalized spacial score (nSPS) is 10.6. The molecule has 7 nitrogen and oxygen atoms in total. The third kappa shape index (κ3) is 2.03. The number of anilines is 1. The van der Waals surface area contributed by atoms with Gasteiger partial charge in [0.05, 0.1) is 12.1 Å². The van der Waals surface area contributed by atoms with Crippen molar-refractivity contribution >= 4 is 17.0 Å². The number of fused-ring (bicyclic) bond motifs is 1. The number of para-hydroxylation sites is 1. The van der Waals surface area contributed by atoms with Gasteiger partial charge in [0.1, 0.15) is 17.7 Å². The van der Waals surface area contributed by atoms with Crippen LogP contribution in [0.2, 0.25) is 0 Å². The molecule has 17 heavy (non-hydrogen) atoms. The van der Waals surface area contributed by atoms with Gasteiger partial charge in [0.2, 0.25) is 5.95 Å². The number of hydrogen-bond donors (Lipinski definition) is 2. The van der Waals surface area contributed by atoms with Crippen molar-refractivity contribution in [1.29, 1.82) is 0 Å². The molecular weight excluding hydrogens is 218 g/mol. The Labute approximate surface area is 96.3 Å². The summed E-state index contributed by atoms with van der Waals surface area (Å²) < 4.78 is 0. The lowest BCUT2D eigenvalue weighted by molar-refractivity contribution is 0.919. The van der Waals surface area contributed by atoms with Gasteiger partial charge in [-0.1, -0.05) is 12.1 Å². The highest BCUT2D eigenvalue weighted by atomic mass is 15.3. The molecule has 3 rings (SSSR count). The van der Waals surface area contributed by atoms with Crippen molar-refractivity contribution in [2.45, 2.75) is 6.54 Å². The van der Waals surface area contributed by atoms with Crippen LogP contribution in [-0.2, 0) is 6.54 Å². The van der Waals surface area contributed by atoms with E-state index in [4.69, 9.17) is 0 Å². The summed E-state index contributed by atoms with van der Waals surface area (Å²) in [6.07, 6.45) is 1.45. The molecule has 0 aliphatic heterocycles. The van der Waals surface area contributed by atoms with E-state index >= 15 is 0 Å². The van der Waals surface area contributed by atoms with Crippen molar-refractivity contribution in [2.24, 2.45) is 0 Å². The van der Waals surface area contributed by atoms with E-state index in [1.165, 1.54) is 6.33 Å². The first kappa shape index (κ1) is 9.64. The fourth-order valence-corrected chi connectivity index (χ4v) is 1.43. The Morgan fingerprint density at radius 2 is 2.00 bits per heavy atom. The van der Waals surface area contributed by atoms with Gasteiger partial charge in [0, 0.05) is 0 Å². The summed E-state index contributed by atoms with van der Waals surface area (Å²) in [6.45, 7) is 0.486. The first-order valence-electron chi connectivity index (χ1n) is 5.09. The third-order valence-corrected chi connectivity index (χ3v) is 2.24. The van der Waals surface area contributed by atoms with Crippen LogP contribution in [0.25, 0.3) is 11.0 Å². The Morgan fingerprint density at radius 1 is 1.12 bits per heavy atom. The Kier molecular flexibility index (Phi) is 2.34. The van der Waals surface area contributed by atoms with Gasteiger partial charge < -0.3 is 5.32 Å². The summed E-state index contributed by atoms with van der Waals surface area (Å²) in [4.78, 5) is 8.32. The molecule has 2 N–H and O–H groups in total. The Morgan fingerprint density at radius 3 is 2.82 bits per heavy atom. The third-order valence-electron chi connectivity index (χ3n) is 2.24. The van der Waals surface area contributed by atoms with E-state index in [0.717, 1.165) is 16.9 Å². The van der Waals surface area contributed by atoms with E-state index in [9.17, 15) is 0 Å². The number of H-pyrrole nitrogens is 1. The summed E-state index contributed by atoms with van der Waals surface area (Å²) in [5.41, 5.74) is 1.58. The molecule has 0 aliphatic carbocycles. The Balaban J connectivity index is 1.81. The van der Waals surface area contributed by atoms with Gasteiger partial charge in [-0.3, -0.25) is 5.10 Å². The molecule has 7 heteroatoms. The van der Waals surface area contributed by atoms with Crippen LogP contribution in [0.1, 0.15) is 5.82 Å². The summed E-state index contributed by atoms with van der Waals surface area (Å²) >= 11 is 0. The molecule has 1 aromatic carbocycles. The van der Waals surface area contributed by atoms with Crippen LogP contribution in [0, 0.1) is 0 Å². The zero-order valence-corrected chi connectivity index (χ0v) is 8.83. The average Bonchev–Trinajstić information content (AvgIpc) is 2.89. The van der Waals surface area contributed by atoms with Crippen LogP contribution < -0.4 is 5.32 Å². The van der Waals surface area contributed by atoms with E-state index in [0.29, 0.717) is 12.5 Å². The van der Waals surface area contributed by atoms with E-state index < -0.39 is 0 Å². The number of benzene rings is 1. The first-order chi connectivity index (χ1) is 8.42. The maximum Gasteiger partial charge on any atom is 0.243 e. The molecule has 0 atom stereocenters. The molecular formula is C10H9N7. The zero-order valence-electron chi connectivity index (χ0n) is 8.83. The largest absolute Gasteiger partial charge is 0.346 e. The monoisotopic (exact) mass is 227 g/mol. The summed E-state index contributed by atoms with van der Waals surface area (Å²) in [6, 6.07) is 7.58. The van der Waals surface area contributed by atoms with Crippen LogP contribution in [0.15, 0.2) is 30.6 Å². The molecule has 0 spiro atoms. The Bertz CT molecular complexity index is 619. The Hall–Kier alpha value is -2.57. The molecule has 0 unspecified atom stereocenters. The average molecular weight is 227 g/mol. The smallest absolute Gasteiger partial charge is 0.243 e. The quantitative estimate of drug-likeness (QED) is 0.686. The van der Waals surface area contributed by atoms with Crippen molar-refractivity contribution in [1.82, 2.24) is 30.4 Å². The number of hydrogen-bond acceptors (Lipinski definition) is 6. The maximum absolute atomic E-state index is 4.33. The van der Waals surface area contributed by atoms with E-state index in [2.05, 4.69) is 35.7 Å². The summed E-state index contributed by atoms with van der Waals surface area (Å²) in [5.74, 6) is 1.20. The van der Waals surface area contributed by atoms with Gasteiger partial charge in [-0.05, 0) is 12.1 Å². The molecule has 0 saturated heterocycles. The highest BCUT2D eigenvalue weighted by Crippen LogP contribution is 2.08. The standard InChI is InChI=1S/C10H9N7/c1-2-4-8-7(3-1)14-10(17-15-8)11-5-9-12-6-13-16-9/h1-4,6H,5H2,(H,11,14,17)(H,12,13,16). The number of aromatic nitrogens is 6. The van der Waals surface area contributed by atoms with Gasteiger partial charge in [0.15, 0.2) is 0 Å². The molecule has 0 bridgehead atoms. The van der Waals surface area contributed by atoms with Crippen molar-refractivity contribution < 1.29 is 0 Å². The predicted molar refractivity (Wildman–Crippen MR) is 61.0 cm³/mol. The van der Waals surface area contributed by atoms with Crippen molar-refractivity contribution in [2.75, 3.05) is 5.32 Å². The number of nitrogens with one attached hydrogen (secondary N) is 2. The van der Waals surface area contributed by atoms with Gasteiger partial charge in [-0.2, -0.15) is 5.10 Å². The van der Waals surface area contributed by atoms with Crippen molar-refractivity contribution in [3.8, 4) is 0 Å². The van der Waals surface area contributed by atoms with E-state index in [1.54, 1.807) is 0 Å². The zero-order chi connectivity index (χ0) is 11.5. The highest BCUT2D eigenvalue weighted by Gasteiger charge is 2.01. The van der Waals surface area contributed by atoms with Gasteiger partial charge >= 0.3 is 0 Å². The fraction of sp³-hybridized carbons (Fsp3) is 0.100.